The molecule has 4 saturated heterocycles. The van der Waals surface area contributed by atoms with Crippen LogP contribution in [0.1, 0.15) is 95.2 Å². The Morgan fingerprint density at radius 3 is 2.42 bits per heavy atom. The first-order chi connectivity index (χ1) is 35.3. The van der Waals surface area contributed by atoms with Crippen LogP contribution in [0.4, 0.5) is 14.6 Å². The third-order valence-corrected chi connectivity index (χ3v) is 15.4. The fourth-order valence-electron chi connectivity index (χ4n) is 11.3. The topological polar surface area (TPSA) is 189 Å². The van der Waals surface area contributed by atoms with Crippen molar-refractivity contribution in [3.63, 3.8) is 0 Å². The molecule has 3 aromatic heterocycles. The van der Waals surface area contributed by atoms with Gasteiger partial charge in [-0.1, -0.05) is 12.1 Å². The maximum Gasteiger partial charge on any atom is 0.254 e. The molecule has 8 heterocycles. The number of pyridine rings is 2. The second kappa shape index (κ2) is 21.0. The first-order valence-electron chi connectivity index (χ1n) is 25.4. The number of carbonyl (C=O) groups excluding carboxylic acids is 5. The molecule has 4 fully saturated rings. The van der Waals surface area contributed by atoms with Gasteiger partial charge in [-0.05, 0) is 112 Å². The summed E-state index contributed by atoms with van der Waals surface area (Å²) in [5.41, 5.74) is 4.28. The smallest absolute Gasteiger partial charge is 0.254 e. The lowest BCUT2D eigenvalue weighted by molar-refractivity contribution is -0.137. The number of carbonyl (C=O) groups is 5. The van der Waals surface area contributed by atoms with Crippen molar-refractivity contribution in [1.82, 2.24) is 44.8 Å². The first kappa shape index (κ1) is 49.3. The molecule has 5 aliphatic rings. The molecular weight excluding hydrogens is 937 g/mol. The largest absolute Gasteiger partial charge is 0.492 e. The Kier molecular flexibility index (Phi) is 14.2. The van der Waals surface area contributed by atoms with Crippen molar-refractivity contribution in [2.24, 2.45) is 5.92 Å². The van der Waals surface area contributed by atoms with Gasteiger partial charge >= 0.3 is 0 Å². The van der Waals surface area contributed by atoms with Gasteiger partial charge in [0.15, 0.2) is 0 Å². The van der Waals surface area contributed by atoms with Crippen molar-refractivity contribution in [3.05, 3.63) is 113 Å². The zero-order valence-electron chi connectivity index (χ0n) is 41.0. The van der Waals surface area contributed by atoms with Crippen LogP contribution in [-0.4, -0.2) is 148 Å². The number of hydrogen-bond donors (Lipinski definition) is 2. The normalized spacial score (nSPS) is 19.7. The molecular formula is C54H59F2N11O6. The number of aromatic nitrogens is 3. The monoisotopic (exact) mass is 995 g/mol. The zero-order chi connectivity index (χ0) is 50.8. The van der Waals surface area contributed by atoms with Gasteiger partial charge in [0.1, 0.15) is 29.3 Å². The number of imide groups is 1. The second-order valence-corrected chi connectivity index (χ2v) is 20.0. The standard InChI is InChI=1S/C54H59F2N11O6/c1-2-73-42-27-43(50-40(28-57)30-59-67(50)33-42)37-5-9-47(58-29-37)64-19-14-54(15-20-64,61-52(71)45-26-41(55)7-8-46(45)56)34-63-21-23-65(24-22-63)49(69)13-18-62-16-11-35(12-17-62)36-3-4-38-31-66(53(72)44(38)25-36)32-39-6-10-48(68)60-51(39)70/h3-5,7-9,25-27,29-30,33,35,39H,2,6,10-24,31-32,34H2,1H3,(H,61,71)(H,60,68,70)/t39-/m1/s1. The summed E-state index contributed by atoms with van der Waals surface area (Å²) in [7, 11) is 0. The molecule has 0 bridgehead atoms. The molecule has 2 N–H and O–H groups in total. The number of amides is 5. The summed E-state index contributed by atoms with van der Waals surface area (Å²) in [6, 6.07) is 17.0. The van der Waals surface area contributed by atoms with E-state index in [1.54, 1.807) is 21.8 Å². The molecule has 5 amide bonds. The van der Waals surface area contributed by atoms with Crippen LogP contribution in [0.5, 0.6) is 5.75 Å². The average Bonchev–Trinajstić information content (AvgIpc) is 3.96. The molecule has 5 aliphatic heterocycles. The number of nitrogens with one attached hydrogen (secondary N) is 2. The van der Waals surface area contributed by atoms with E-state index < -0.39 is 23.1 Å². The summed E-state index contributed by atoms with van der Waals surface area (Å²) in [5.74, 6) is -1.49. The number of rotatable bonds is 14. The van der Waals surface area contributed by atoms with E-state index in [0.717, 1.165) is 72.2 Å². The minimum atomic E-state index is -0.802. The van der Waals surface area contributed by atoms with Crippen molar-refractivity contribution in [1.29, 1.82) is 5.26 Å². The van der Waals surface area contributed by atoms with Gasteiger partial charge in [-0.25, -0.2) is 18.3 Å². The van der Waals surface area contributed by atoms with E-state index in [0.29, 0.717) is 126 Å². The third-order valence-electron chi connectivity index (χ3n) is 15.4. The summed E-state index contributed by atoms with van der Waals surface area (Å²) in [4.78, 5) is 79.9. The van der Waals surface area contributed by atoms with Crippen molar-refractivity contribution < 1.29 is 37.5 Å². The lowest BCUT2D eigenvalue weighted by Crippen LogP contribution is -2.62. The highest BCUT2D eigenvalue weighted by atomic mass is 19.1. The Morgan fingerprint density at radius 1 is 0.904 bits per heavy atom. The Labute approximate surface area is 422 Å². The third kappa shape index (κ3) is 10.6. The summed E-state index contributed by atoms with van der Waals surface area (Å²) >= 11 is 0. The van der Waals surface area contributed by atoms with Gasteiger partial charge in [-0.2, -0.15) is 10.4 Å². The summed E-state index contributed by atoms with van der Waals surface area (Å²) in [6.07, 6.45) is 9.00. The predicted octanol–water partition coefficient (Wildman–Crippen LogP) is 5.14. The molecule has 0 radical (unpaired) electrons. The van der Waals surface area contributed by atoms with Gasteiger partial charge in [-0.15, -0.1) is 0 Å². The van der Waals surface area contributed by atoms with Crippen LogP contribution in [0.25, 0.3) is 16.6 Å². The fraction of sp³-hybridized carbons (Fsp3) is 0.444. The van der Waals surface area contributed by atoms with Crippen molar-refractivity contribution in [3.8, 4) is 22.9 Å². The highest BCUT2D eigenvalue weighted by Gasteiger charge is 2.40. The van der Waals surface area contributed by atoms with Gasteiger partial charge in [-0.3, -0.25) is 34.2 Å². The first-order valence-corrected chi connectivity index (χ1v) is 25.4. The molecule has 380 valence electrons. The number of nitriles is 1. The average molecular weight is 996 g/mol. The van der Waals surface area contributed by atoms with Gasteiger partial charge in [0.05, 0.1) is 47.1 Å². The van der Waals surface area contributed by atoms with E-state index in [1.165, 1.54) is 6.20 Å². The number of anilines is 1. The highest BCUT2D eigenvalue weighted by Crippen LogP contribution is 2.35. The Morgan fingerprint density at radius 2 is 1.70 bits per heavy atom. The van der Waals surface area contributed by atoms with E-state index >= 15 is 0 Å². The minimum Gasteiger partial charge on any atom is -0.492 e. The Bertz CT molecular complexity index is 2970. The second-order valence-electron chi connectivity index (χ2n) is 20.0. The summed E-state index contributed by atoms with van der Waals surface area (Å²) in [6.45, 7) is 9.22. The number of piperidine rings is 3. The Balaban J connectivity index is 0.722. The maximum atomic E-state index is 14.9. The molecule has 10 rings (SSSR count). The van der Waals surface area contributed by atoms with Gasteiger partial charge < -0.3 is 29.7 Å². The molecule has 0 spiro atoms. The van der Waals surface area contributed by atoms with Crippen LogP contribution in [0.15, 0.2) is 73.2 Å². The van der Waals surface area contributed by atoms with Crippen LogP contribution in [0, 0.1) is 28.9 Å². The quantitative estimate of drug-likeness (QED) is 0.140. The summed E-state index contributed by atoms with van der Waals surface area (Å²) < 4.78 is 36.7. The highest BCUT2D eigenvalue weighted by molar-refractivity contribution is 6.01. The molecule has 1 atom stereocenters. The Hall–Kier alpha value is -7.30. The van der Waals surface area contributed by atoms with Gasteiger partial charge in [0, 0.05) is 101 Å². The van der Waals surface area contributed by atoms with E-state index in [9.17, 15) is 38.0 Å². The minimum absolute atomic E-state index is 0.0727. The number of halogens is 2. The van der Waals surface area contributed by atoms with Crippen LogP contribution < -0.4 is 20.3 Å². The lowest BCUT2D eigenvalue weighted by atomic mass is 9.86. The molecule has 17 nitrogen and oxygen atoms in total. The molecule has 19 heteroatoms. The number of benzene rings is 2. The van der Waals surface area contributed by atoms with Crippen molar-refractivity contribution in [2.45, 2.75) is 69.9 Å². The number of likely N-dealkylation sites (tertiary alicyclic amines) is 1. The number of hydrogen-bond acceptors (Lipinski definition) is 12. The number of ether oxygens (including phenoxy) is 1. The van der Waals surface area contributed by atoms with E-state index in [1.807, 2.05) is 42.2 Å². The number of fused-ring (bicyclic) bond motifs is 2. The van der Waals surface area contributed by atoms with Gasteiger partial charge in [0.2, 0.25) is 17.7 Å². The van der Waals surface area contributed by atoms with Crippen LogP contribution >= 0.6 is 0 Å². The SMILES string of the molecule is CCOc1cc(-c2ccc(N3CCC(CN4CCN(C(=O)CCN5CCC(c6ccc7c(c6)C(=O)N(C[C@H]6CCC(=O)NC6=O)C7)CC5)CC4)(NC(=O)c4cc(F)ccc4F)CC3)nc2)c2c(C#N)cnn2c1. The molecule has 0 unspecified atom stereocenters. The zero-order valence-corrected chi connectivity index (χ0v) is 41.0. The number of piperazine rings is 1. The molecule has 2 aromatic carbocycles. The molecule has 73 heavy (non-hydrogen) atoms. The molecule has 0 saturated carbocycles. The fourth-order valence-corrected chi connectivity index (χ4v) is 11.3. The van der Waals surface area contributed by atoms with Crippen molar-refractivity contribution in [2.75, 3.05) is 83.5 Å². The molecule has 0 aliphatic carbocycles. The van der Waals surface area contributed by atoms with Gasteiger partial charge in [0.25, 0.3) is 11.8 Å². The van der Waals surface area contributed by atoms with Crippen molar-refractivity contribution >= 4 is 40.9 Å². The van der Waals surface area contributed by atoms with Crippen LogP contribution in [0.2, 0.25) is 0 Å². The van der Waals surface area contributed by atoms with E-state index in [-0.39, 0.29) is 41.5 Å². The van der Waals surface area contributed by atoms with E-state index in [2.05, 4.69) is 42.6 Å². The summed E-state index contributed by atoms with van der Waals surface area (Å²) in [5, 5.41) is 19.7. The predicted molar refractivity (Wildman–Crippen MR) is 265 cm³/mol. The van der Waals surface area contributed by atoms with Crippen LogP contribution in [-0.2, 0) is 20.9 Å². The maximum absolute atomic E-state index is 14.9. The number of nitrogens with zero attached hydrogens (tertiary/aromatic N) is 9. The van der Waals surface area contributed by atoms with E-state index in [4.69, 9.17) is 9.72 Å². The lowest BCUT2D eigenvalue weighted by Gasteiger charge is -2.46. The van der Waals surface area contributed by atoms with Crippen LogP contribution in [0.3, 0.4) is 0 Å². The molecule has 5 aromatic rings.